The molecule has 4 nitrogen and oxygen atoms in total. The third-order valence-electron chi connectivity index (χ3n) is 2.21. The molecular formula is C11H9Cl6N3OS. The molecule has 0 aliphatic rings. The maximum Gasteiger partial charge on any atom is 0.236 e. The Labute approximate surface area is 162 Å². The third kappa shape index (κ3) is 6.71. The molecule has 0 aliphatic heterocycles. The van der Waals surface area contributed by atoms with Crippen molar-refractivity contribution >= 4 is 98.5 Å². The summed E-state index contributed by atoms with van der Waals surface area (Å²) in [5.74, 6) is -0.819. The number of carbonyl (C=O) groups is 1. The van der Waals surface area contributed by atoms with Crippen molar-refractivity contribution in [2.75, 3.05) is 11.2 Å². The van der Waals surface area contributed by atoms with Crippen LogP contribution >= 0.6 is 81.8 Å². The maximum absolute atomic E-state index is 11.3. The molecule has 3 N–H and O–H groups in total. The fourth-order valence-corrected chi connectivity index (χ4v) is 2.37. The van der Waals surface area contributed by atoms with Gasteiger partial charge >= 0.3 is 0 Å². The van der Waals surface area contributed by atoms with E-state index in [0.717, 1.165) is 0 Å². The van der Waals surface area contributed by atoms with E-state index in [4.69, 9.17) is 81.8 Å². The first kappa shape index (κ1) is 20.2. The zero-order valence-electron chi connectivity index (χ0n) is 10.6. The number of hydrogen-bond donors (Lipinski definition) is 3. The standard InChI is InChI=1S/C11H9Cl6N3OS/c12-4-8(21)19-9(11(15,16)17)20-10(22)18-7-2-1-5(13)3-6(7)14/h1-3,9H,4H2,(H,19,21)(H2,18,20,22). The molecule has 1 rings (SSSR count). The van der Waals surface area contributed by atoms with Crippen molar-refractivity contribution in [3.8, 4) is 0 Å². The van der Waals surface area contributed by atoms with Crippen LogP contribution in [-0.4, -0.2) is 26.9 Å². The second-order valence-electron chi connectivity index (χ2n) is 3.90. The van der Waals surface area contributed by atoms with Crippen LogP contribution < -0.4 is 16.0 Å². The lowest BCUT2D eigenvalue weighted by molar-refractivity contribution is -0.119. The van der Waals surface area contributed by atoms with Crippen molar-refractivity contribution < 1.29 is 4.79 Å². The number of hydrogen-bond acceptors (Lipinski definition) is 2. The van der Waals surface area contributed by atoms with E-state index < -0.39 is 15.9 Å². The van der Waals surface area contributed by atoms with Gasteiger partial charge in [0, 0.05) is 5.02 Å². The molecule has 0 heterocycles. The molecule has 0 spiro atoms. The minimum Gasteiger partial charge on any atom is -0.339 e. The van der Waals surface area contributed by atoms with Gasteiger partial charge in [-0.1, -0.05) is 58.0 Å². The SMILES string of the molecule is O=C(CCl)NC(NC(=S)Nc1ccc(Cl)cc1Cl)C(Cl)(Cl)Cl. The fourth-order valence-electron chi connectivity index (χ4n) is 1.28. The third-order valence-corrected chi connectivity index (χ3v) is 3.87. The summed E-state index contributed by atoms with van der Waals surface area (Å²) in [6, 6.07) is 4.79. The highest BCUT2D eigenvalue weighted by Crippen LogP contribution is 2.29. The number of rotatable bonds is 4. The lowest BCUT2D eigenvalue weighted by Gasteiger charge is -2.27. The summed E-state index contributed by atoms with van der Waals surface area (Å²) in [4.78, 5) is 11.3. The normalized spacial score (nSPS) is 12.5. The monoisotopic (exact) mass is 441 g/mol. The molecule has 0 aliphatic carbocycles. The van der Waals surface area contributed by atoms with E-state index in [-0.39, 0.29) is 11.0 Å². The molecule has 1 aromatic rings. The van der Waals surface area contributed by atoms with Gasteiger partial charge in [0.15, 0.2) is 5.11 Å². The van der Waals surface area contributed by atoms with E-state index in [1.54, 1.807) is 12.1 Å². The first-order chi connectivity index (χ1) is 10.1. The molecule has 1 unspecified atom stereocenters. The highest BCUT2D eigenvalue weighted by Gasteiger charge is 2.34. The zero-order valence-corrected chi connectivity index (χ0v) is 16.0. The summed E-state index contributed by atoms with van der Waals surface area (Å²) in [6.45, 7) is 0. The summed E-state index contributed by atoms with van der Waals surface area (Å²) in [7, 11) is 0. The van der Waals surface area contributed by atoms with Crippen LogP contribution in [0.5, 0.6) is 0 Å². The van der Waals surface area contributed by atoms with E-state index in [1.165, 1.54) is 6.07 Å². The molecule has 1 amide bonds. The first-order valence-electron chi connectivity index (χ1n) is 5.58. The van der Waals surface area contributed by atoms with Gasteiger partial charge < -0.3 is 16.0 Å². The van der Waals surface area contributed by atoms with Gasteiger partial charge in [-0.25, -0.2) is 0 Å². The van der Waals surface area contributed by atoms with Gasteiger partial charge in [0.25, 0.3) is 0 Å². The van der Waals surface area contributed by atoms with Crippen molar-refractivity contribution in [1.82, 2.24) is 10.6 Å². The number of anilines is 1. The Morgan fingerprint density at radius 2 is 1.86 bits per heavy atom. The summed E-state index contributed by atoms with van der Waals surface area (Å²) in [5, 5.41) is 8.75. The van der Waals surface area contributed by atoms with Gasteiger partial charge in [0.05, 0.1) is 10.7 Å². The van der Waals surface area contributed by atoms with Crippen LogP contribution in [-0.2, 0) is 4.79 Å². The lowest BCUT2D eigenvalue weighted by Crippen LogP contribution is -2.56. The van der Waals surface area contributed by atoms with E-state index in [1.807, 2.05) is 0 Å². The molecule has 0 bridgehead atoms. The van der Waals surface area contributed by atoms with Crippen LogP contribution in [0, 0.1) is 0 Å². The van der Waals surface area contributed by atoms with E-state index in [0.29, 0.717) is 15.7 Å². The Hall–Kier alpha value is 0.120. The van der Waals surface area contributed by atoms with Crippen LogP contribution in [0.1, 0.15) is 0 Å². The van der Waals surface area contributed by atoms with Gasteiger partial charge in [0.2, 0.25) is 9.70 Å². The second-order valence-corrected chi connectivity index (χ2v) is 7.79. The zero-order chi connectivity index (χ0) is 16.9. The van der Waals surface area contributed by atoms with Crippen molar-refractivity contribution in [2.45, 2.75) is 9.96 Å². The number of carbonyl (C=O) groups excluding carboxylic acids is 1. The highest BCUT2D eigenvalue weighted by atomic mass is 35.6. The molecule has 0 saturated heterocycles. The van der Waals surface area contributed by atoms with Crippen LogP contribution in [0.15, 0.2) is 18.2 Å². The van der Waals surface area contributed by atoms with E-state index in [2.05, 4.69) is 16.0 Å². The van der Waals surface area contributed by atoms with Crippen LogP contribution in [0.25, 0.3) is 0 Å². The van der Waals surface area contributed by atoms with Crippen LogP contribution in [0.3, 0.4) is 0 Å². The molecule has 0 radical (unpaired) electrons. The molecule has 1 aromatic carbocycles. The summed E-state index contributed by atoms with van der Waals surface area (Å²) in [6.07, 6.45) is -1.09. The van der Waals surface area contributed by atoms with Gasteiger partial charge in [-0.15, -0.1) is 11.6 Å². The average Bonchev–Trinajstić information content (AvgIpc) is 2.40. The summed E-state index contributed by atoms with van der Waals surface area (Å²) < 4.78 is -1.85. The minimum atomic E-state index is -1.85. The quantitative estimate of drug-likeness (QED) is 0.368. The van der Waals surface area contributed by atoms with Crippen molar-refractivity contribution in [3.05, 3.63) is 28.2 Å². The Balaban J connectivity index is 2.76. The molecule has 22 heavy (non-hydrogen) atoms. The molecular weight excluding hydrogens is 435 g/mol. The Morgan fingerprint density at radius 1 is 1.23 bits per heavy atom. The van der Waals surface area contributed by atoms with Gasteiger partial charge in [-0.05, 0) is 30.4 Å². The number of alkyl halides is 4. The average molecular weight is 444 g/mol. The van der Waals surface area contributed by atoms with Crippen molar-refractivity contribution in [3.63, 3.8) is 0 Å². The van der Waals surface area contributed by atoms with Crippen molar-refractivity contribution in [1.29, 1.82) is 0 Å². The van der Waals surface area contributed by atoms with Crippen molar-refractivity contribution in [2.24, 2.45) is 0 Å². The van der Waals surface area contributed by atoms with Crippen LogP contribution in [0.2, 0.25) is 10.0 Å². The van der Waals surface area contributed by atoms with E-state index >= 15 is 0 Å². The maximum atomic E-state index is 11.3. The predicted octanol–water partition coefficient (Wildman–Crippen LogP) is 4.33. The second kappa shape index (κ2) is 8.83. The lowest BCUT2D eigenvalue weighted by atomic mass is 10.3. The largest absolute Gasteiger partial charge is 0.339 e. The number of benzene rings is 1. The first-order valence-corrected chi connectivity index (χ1v) is 8.41. The molecule has 122 valence electrons. The fraction of sp³-hybridized carbons (Fsp3) is 0.273. The Kier molecular flexibility index (Phi) is 8.09. The number of nitrogens with one attached hydrogen (secondary N) is 3. The smallest absolute Gasteiger partial charge is 0.236 e. The molecule has 0 aromatic heterocycles. The number of thiocarbonyl (C=S) groups is 1. The van der Waals surface area contributed by atoms with Gasteiger partial charge in [-0.3, -0.25) is 4.79 Å². The van der Waals surface area contributed by atoms with Crippen LogP contribution in [0.4, 0.5) is 5.69 Å². The summed E-state index contributed by atoms with van der Waals surface area (Å²) >= 11 is 39.6. The molecule has 0 fully saturated rings. The predicted molar refractivity (Wildman–Crippen MR) is 98.8 cm³/mol. The van der Waals surface area contributed by atoms with Gasteiger partial charge in [-0.2, -0.15) is 0 Å². The minimum absolute atomic E-state index is 0.0791. The van der Waals surface area contributed by atoms with E-state index in [9.17, 15) is 4.79 Å². The molecule has 1 atom stereocenters. The molecule has 11 heteroatoms. The number of halogens is 6. The highest BCUT2D eigenvalue weighted by molar-refractivity contribution is 7.80. The number of amides is 1. The Morgan fingerprint density at radius 3 is 2.36 bits per heavy atom. The Bertz CT molecular complexity index is 565. The summed E-state index contributed by atoms with van der Waals surface area (Å²) in [5.41, 5.74) is 0.496. The molecule has 0 saturated carbocycles. The van der Waals surface area contributed by atoms with Gasteiger partial charge in [0.1, 0.15) is 12.0 Å². The topological polar surface area (TPSA) is 53.2 Å².